The number of hydrogen-bond acceptors (Lipinski definition) is 3. The van der Waals surface area contributed by atoms with E-state index in [0.29, 0.717) is 18.4 Å². The van der Waals surface area contributed by atoms with Crippen molar-refractivity contribution in [1.29, 1.82) is 0 Å². The second kappa shape index (κ2) is 5.00. The van der Waals surface area contributed by atoms with Gasteiger partial charge in [-0.05, 0) is 43.2 Å². The van der Waals surface area contributed by atoms with Gasteiger partial charge in [0.25, 0.3) is 0 Å². The standard InChI is InChI=1S/C15H21NO3/c1-2-11-5-6-12(19-11)8-16-14-10-4-3-9(7-10)13(14)15(17)18/h5-6,9-10,13-14,16H,2-4,7-8H2,1H3,(H,17,18). The molecule has 0 saturated heterocycles. The third-order valence-corrected chi connectivity index (χ3v) is 4.78. The van der Waals surface area contributed by atoms with Gasteiger partial charge in [0.2, 0.25) is 0 Å². The highest BCUT2D eigenvalue weighted by atomic mass is 16.4. The quantitative estimate of drug-likeness (QED) is 0.856. The summed E-state index contributed by atoms with van der Waals surface area (Å²) in [5.41, 5.74) is 0. The fraction of sp³-hybridized carbons (Fsp3) is 0.667. The molecule has 0 aliphatic heterocycles. The Bertz CT molecular complexity index is 468. The zero-order valence-corrected chi connectivity index (χ0v) is 11.3. The van der Waals surface area contributed by atoms with E-state index in [0.717, 1.165) is 30.8 Å². The lowest BCUT2D eigenvalue weighted by Crippen LogP contribution is -2.43. The van der Waals surface area contributed by atoms with Crippen LogP contribution in [0.25, 0.3) is 0 Å². The third-order valence-electron chi connectivity index (χ3n) is 4.78. The Morgan fingerprint density at radius 1 is 1.37 bits per heavy atom. The SMILES string of the molecule is CCc1ccc(CNC2C3CCC(C3)C2C(=O)O)o1. The molecule has 104 valence electrons. The van der Waals surface area contributed by atoms with Gasteiger partial charge in [0.1, 0.15) is 11.5 Å². The zero-order chi connectivity index (χ0) is 13.4. The number of carboxylic acid groups (broad SMARTS) is 1. The summed E-state index contributed by atoms with van der Waals surface area (Å²) in [4.78, 5) is 11.4. The fourth-order valence-electron chi connectivity index (χ4n) is 3.87. The highest BCUT2D eigenvalue weighted by molar-refractivity contribution is 5.72. The normalized spacial score (nSPS) is 32.9. The molecule has 0 aromatic carbocycles. The third kappa shape index (κ3) is 2.29. The summed E-state index contributed by atoms with van der Waals surface area (Å²) in [6.07, 6.45) is 4.23. The molecule has 2 fully saturated rings. The Kier molecular flexibility index (Phi) is 3.35. The number of fused-ring (bicyclic) bond motifs is 2. The Balaban J connectivity index is 1.64. The topological polar surface area (TPSA) is 62.5 Å². The van der Waals surface area contributed by atoms with Crippen LogP contribution >= 0.6 is 0 Å². The number of rotatable bonds is 5. The van der Waals surface area contributed by atoms with Gasteiger partial charge in [0, 0.05) is 12.5 Å². The van der Waals surface area contributed by atoms with Gasteiger partial charge in [-0.15, -0.1) is 0 Å². The molecule has 19 heavy (non-hydrogen) atoms. The summed E-state index contributed by atoms with van der Waals surface area (Å²) in [6.45, 7) is 2.70. The van der Waals surface area contributed by atoms with Gasteiger partial charge in [0.15, 0.2) is 0 Å². The van der Waals surface area contributed by atoms with E-state index in [2.05, 4.69) is 12.2 Å². The smallest absolute Gasteiger partial charge is 0.308 e. The van der Waals surface area contributed by atoms with E-state index >= 15 is 0 Å². The predicted octanol–water partition coefficient (Wildman–Crippen LogP) is 2.43. The number of furan rings is 1. The fourth-order valence-corrected chi connectivity index (χ4v) is 3.87. The largest absolute Gasteiger partial charge is 0.481 e. The highest BCUT2D eigenvalue weighted by Gasteiger charge is 2.50. The molecule has 2 aliphatic rings. The van der Waals surface area contributed by atoms with E-state index < -0.39 is 5.97 Å². The van der Waals surface area contributed by atoms with Crippen molar-refractivity contribution in [2.24, 2.45) is 17.8 Å². The maximum absolute atomic E-state index is 11.4. The highest BCUT2D eigenvalue weighted by Crippen LogP contribution is 2.48. The molecule has 4 unspecified atom stereocenters. The van der Waals surface area contributed by atoms with Gasteiger partial charge in [-0.3, -0.25) is 4.79 Å². The van der Waals surface area contributed by atoms with Crippen LogP contribution in [0.15, 0.2) is 16.5 Å². The number of aryl methyl sites for hydroxylation is 1. The molecule has 1 aromatic heterocycles. The summed E-state index contributed by atoms with van der Waals surface area (Å²) < 4.78 is 5.66. The lowest BCUT2D eigenvalue weighted by Gasteiger charge is -2.28. The molecule has 3 rings (SSSR count). The monoisotopic (exact) mass is 263 g/mol. The van der Waals surface area contributed by atoms with Crippen molar-refractivity contribution in [1.82, 2.24) is 5.32 Å². The predicted molar refractivity (Wildman–Crippen MR) is 70.7 cm³/mol. The average molecular weight is 263 g/mol. The van der Waals surface area contributed by atoms with Crippen molar-refractivity contribution < 1.29 is 14.3 Å². The maximum Gasteiger partial charge on any atom is 0.308 e. The van der Waals surface area contributed by atoms with Crippen LogP contribution in [0.2, 0.25) is 0 Å². The molecular formula is C15H21NO3. The molecule has 2 N–H and O–H groups in total. The van der Waals surface area contributed by atoms with E-state index in [4.69, 9.17) is 4.42 Å². The molecule has 4 nitrogen and oxygen atoms in total. The van der Waals surface area contributed by atoms with Gasteiger partial charge < -0.3 is 14.8 Å². The van der Waals surface area contributed by atoms with Crippen LogP contribution in [0.3, 0.4) is 0 Å². The number of aliphatic carboxylic acids is 1. The van der Waals surface area contributed by atoms with Gasteiger partial charge >= 0.3 is 5.97 Å². The van der Waals surface area contributed by atoms with Gasteiger partial charge in [-0.2, -0.15) is 0 Å². The number of hydrogen-bond donors (Lipinski definition) is 2. The summed E-state index contributed by atoms with van der Waals surface area (Å²) in [6, 6.07) is 4.09. The van der Waals surface area contributed by atoms with Crippen molar-refractivity contribution in [3.05, 3.63) is 23.7 Å². The van der Waals surface area contributed by atoms with E-state index in [-0.39, 0.29) is 12.0 Å². The second-order valence-corrected chi connectivity index (χ2v) is 5.83. The Labute approximate surface area is 113 Å². The molecule has 2 aliphatic carbocycles. The minimum absolute atomic E-state index is 0.117. The van der Waals surface area contributed by atoms with Crippen LogP contribution in [0.5, 0.6) is 0 Å². The minimum Gasteiger partial charge on any atom is -0.481 e. The van der Waals surface area contributed by atoms with Crippen LogP contribution in [-0.2, 0) is 17.8 Å². The van der Waals surface area contributed by atoms with E-state index in [1.807, 2.05) is 12.1 Å². The van der Waals surface area contributed by atoms with E-state index in [1.54, 1.807) is 0 Å². The molecule has 2 bridgehead atoms. The van der Waals surface area contributed by atoms with E-state index in [9.17, 15) is 9.90 Å². The van der Waals surface area contributed by atoms with Crippen LogP contribution in [0.1, 0.15) is 37.7 Å². The Morgan fingerprint density at radius 2 is 2.11 bits per heavy atom. The molecule has 0 spiro atoms. The minimum atomic E-state index is -0.640. The lowest BCUT2D eigenvalue weighted by atomic mass is 9.84. The molecule has 0 amide bonds. The molecule has 2 saturated carbocycles. The molecule has 4 heteroatoms. The first kappa shape index (κ1) is 12.7. The average Bonchev–Trinajstić information content (AvgIpc) is 3.10. The first-order valence-corrected chi connectivity index (χ1v) is 7.22. The summed E-state index contributed by atoms with van der Waals surface area (Å²) in [5, 5.41) is 12.8. The molecule has 1 heterocycles. The Morgan fingerprint density at radius 3 is 2.79 bits per heavy atom. The van der Waals surface area contributed by atoms with Crippen LogP contribution < -0.4 is 5.32 Å². The molecule has 4 atom stereocenters. The van der Waals surface area contributed by atoms with Crippen molar-refractivity contribution >= 4 is 5.97 Å². The van der Waals surface area contributed by atoms with Crippen molar-refractivity contribution in [2.45, 2.75) is 45.2 Å². The van der Waals surface area contributed by atoms with Gasteiger partial charge in [-0.25, -0.2) is 0 Å². The van der Waals surface area contributed by atoms with Gasteiger partial charge in [-0.1, -0.05) is 6.92 Å². The van der Waals surface area contributed by atoms with Crippen molar-refractivity contribution in [3.63, 3.8) is 0 Å². The van der Waals surface area contributed by atoms with Crippen LogP contribution in [0.4, 0.5) is 0 Å². The molecule has 1 aromatic rings. The summed E-state index contributed by atoms with van der Waals surface area (Å²) >= 11 is 0. The molecule has 0 radical (unpaired) electrons. The second-order valence-electron chi connectivity index (χ2n) is 5.83. The summed E-state index contributed by atoms with van der Waals surface area (Å²) in [5.74, 6) is 1.95. The number of carbonyl (C=O) groups is 1. The number of nitrogens with one attached hydrogen (secondary N) is 1. The first-order chi connectivity index (χ1) is 9.19. The first-order valence-electron chi connectivity index (χ1n) is 7.22. The van der Waals surface area contributed by atoms with Crippen molar-refractivity contribution in [2.75, 3.05) is 0 Å². The van der Waals surface area contributed by atoms with Crippen molar-refractivity contribution in [3.8, 4) is 0 Å². The summed E-state index contributed by atoms with van der Waals surface area (Å²) in [7, 11) is 0. The van der Waals surface area contributed by atoms with E-state index in [1.165, 1.54) is 6.42 Å². The molecular weight excluding hydrogens is 242 g/mol. The van der Waals surface area contributed by atoms with Gasteiger partial charge in [0.05, 0.1) is 12.5 Å². The lowest BCUT2D eigenvalue weighted by molar-refractivity contribution is -0.144. The van der Waals surface area contributed by atoms with Crippen LogP contribution in [-0.4, -0.2) is 17.1 Å². The Hall–Kier alpha value is -1.29. The number of carboxylic acids is 1. The maximum atomic E-state index is 11.4. The van der Waals surface area contributed by atoms with Crippen LogP contribution in [0, 0.1) is 17.8 Å². The zero-order valence-electron chi connectivity index (χ0n) is 11.3.